The summed E-state index contributed by atoms with van der Waals surface area (Å²) in [4.78, 5) is 22.6. The van der Waals surface area contributed by atoms with Gasteiger partial charge in [-0.3, -0.25) is 4.79 Å². The van der Waals surface area contributed by atoms with Gasteiger partial charge in [-0.1, -0.05) is 6.07 Å². The quantitative estimate of drug-likeness (QED) is 0.428. The third kappa shape index (κ3) is 1.33. The second-order valence-electron chi connectivity index (χ2n) is 3.39. The number of aromatic hydroxyl groups is 1. The number of ketones is 1. The van der Waals surface area contributed by atoms with Gasteiger partial charge in [0.1, 0.15) is 16.9 Å². The number of carbonyl (C=O) groups excluding carboxylic acids is 1. The molecular formula is C11H9NO4. The van der Waals surface area contributed by atoms with Crippen LogP contribution in [0.25, 0.3) is 11.0 Å². The van der Waals surface area contributed by atoms with Crippen molar-refractivity contribution in [2.45, 2.75) is 6.92 Å². The van der Waals surface area contributed by atoms with Crippen LogP contribution >= 0.6 is 0 Å². The van der Waals surface area contributed by atoms with Crippen molar-refractivity contribution in [1.29, 1.82) is 0 Å². The van der Waals surface area contributed by atoms with Gasteiger partial charge in [0.2, 0.25) is 0 Å². The van der Waals surface area contributed by atoms with Gasteiger partial charge in [-0.05, 0) is 19.1 Å². The Balaban J connectivity index is 3.03. The Morgan fingerprint density at radius 2 is 2.12 bits per heavy atom. The number of carbonyl (C=O) groups is 1. The molecule has 1 aromatic carbocycles. The average molecular weight is 219 g/mol. The first-order chi connectivity index (χ1) is 7.52. The van der Waals surface area contributed by atoms with Crippen molar-refractivity contribution < 1.29 is 14.3 Å². The number of anilines is 1. The summed E-state index contributed by atoms with van der Waals surface area (Å²) < 4.78 is 4.90. The molecule has 0 aliphatic carbocycles. The third-order valence-electron chi connectivity index (χ3n) is 2.29. The molecule has 16 heavy (non-hydrogen) atoms. The standard InChI is InChI=1S/C11H9NO4/c1-5(13)8-10(14)9-6(12)3-2-4-7(9)16-11(8)15/h2-4,14H,12H2,1H3. The van der Waals surface area contributed by atoms with E-state index in [1.807, 2.05) is 0 Å². The van der Waals surface area contributed by atoms with E-state index in [1.54, 1.807) is 12.1 Å². The zero-order valence-electron chi connectivity index (χ0n) is 8.48. The third-order valence-corrected chi connectivity index (χ3v) is 2.29. The molecule has 82 valence electrons. The fourth-order valence-corrected chi connectivity index (χ4v) is 1.57. The van der Waals surface area contributed by atoms with Crippen LogP contribution in [-0.2, 0) is 0 Å². The molecule has 0 saturated carbocycles. The molecule has 2 rings (SSSR count). The summed E-state index contributed by atoms with van der Waals surface area (Å²) in [6.45, 7) is 1.18. The van der Waals surface area contributed by atoms with E-state index >= 15 is 0 Å². The van der Waals surface area contributed by atoms with Crippen LogP contribution in [0.15, 0.2) is 27.4 Å². The highest BCUT2D eigenvalue weighted by Crippen LogP contribution is 2.30. The molecule has 0 bridgehead atoms. The summed E-state index contributed by atoms with van der Waals surface area (Å²) >= 11 is 0. The zero-order chi connectivity index (χ0) is 11.9. The molecule has 2 aromatic rings. The molecule has 5 nitrogen and oxygen atoms in total. The predicted molar refractivity (Wildman–Crippen MR) is 58.6 cm³/mol. The van der Waals surface area contributed by atoms with E-state index in [9.17, 15) is 14.7 Å². The lowest BCUT2D eigenvalue weighted by molar-refractivity contribution is 0.101. The first kappa shape index (κ1) is 10.2. The minimum atomic E-state index is -0.858. The Kier molecular flexibility index (Phi) is 2.16. The molecule has 0 saturated heterocycles. The van der Waals surface area contributed by atoms with E-state index < -0.39 is 17.2 Å². The molecule has 0 unspecified atom stereocenters. The number of Topliss-reactive ketones (excluding diaryl/α,β-unsaturated/α-hetero) is 1. The van der Waals surface area contributed by atoms with Gasteiger partial charge in [-0.25, -0.2) is 4.79 Å². The average Bonchev–Trinajstić information content (AvgIpc) is 2.15. The molecule has 5 heteroatoms. The van der Waals surface area contributed by atoms with Gasteiger partial charge in [-0.15, -0.1) is 0 Å². The van der Waals surface area contributed by atoms with E-state index in [0.717, 1.165) is 0 Å². The highest BCUT2D eigenvalue weighted by atomic mass is 16.4. The van der Waals surface area contributed by atoms with Crippen LogP contribution in [0.3, 0.4) is 0 Å². The predicted octanol–water partition coefficient (Wildman–Crippen LogP) is 1.28. The Bertz CT molecular complexity index is 642. The lowest BCUT2D eigenvalue weighted by Gasteiger charge is -2.05. The minimum absolute atomic E-state index is 0.160. The lowest BCUT2D eigenvalue weighted by Crippen LogP contribution is -2.12. The van der Waals surface area contributed by atoms with E-state index in [1.165, 1.54) is 13.0 Å². The zero-order valence-corrected chi connectivity index (χ0v) is 8.48. The van der Waals surface area contributed by atoms with Crippen molar-refractivity contribution in [3.8, 4) is 5.75 Å². The van der Waals surface area contributed by atoms with Crippen LogP contribution in [-0.4, -0.2) is 10.9 Å². The number of nitrogens with two attached hydrogens (primary N) is 1. The lowest BCUT2D eigenvalue weighted by atomic mass is 10.1. The molecular weight excluding hydrogens is 210 g/mol. The second kappa shape index (κ2) is 3.37. The normalized spacial score (nSPS) is 10.6. The Labute approximate surface area is 90.1 Å². The van der Waals surface area contributed by atoms with Crippen LogP contribution in [0.2, 0.25) is 0 Å². The minimum Gasteiger partial charge on any atom is -0.506 e. The van der Waals surface area contributed by atoms with Crippen molar-refractivity contribution in [3.05, 3.63) is 34.2 Å². The molecule has 1 heterocycles. The van der Waals surface area contributed by atoms with Crippen LogP contribution in [0.1, 0.15) is 17.3 Å². The van der Waals surface area contributed by atoms with Gasteiger partial charge >= 0.3 is 5.63 Å². The first-order valence-corrected chi connectivity index (χ1v) is 4.57. The molecule has 0 atom stereocenters. The number of hydrogen-bond donors (Lipinski definition) is 2. The molecule has 0 amide bonds. The van der Waals surface area contributed by atoms with Crippen molar-refractivity contribution in [1.82, 2.24) is 0 Å². The van der Waals surface area contributed by atoms with Crippen molar-refractivity contribution in [2.24, 2.45) is 0 Å². The highest BCUT2D eigenvalue weighted by Gasteiger charge is 2.18. The summed E-state index contributed by atoms with van der Waals surface area (Å²) in [7, 11) is 0. The summed E-state index contributed by atoms with van der Waals surface area (Å²) in [5, 5.41) is 10.0. The Morgan fingerprint density at radius 1 is 1.44 bits per heavy atom. The Hall–Kier alpha value is -2.30. The Morgan fingerprint density at radius 3 is 2.75 bits per heavy atom. The molecule has 0 radical (unpaired) electrons. The van der Waals surface area contributed by atoms with Gasteiger partial charge in [-0.2, -0.15) is 0 Å². The van der Waals surface area contributed by atoms with Crippen LogP contribution < -0.4 is 11.4 Å². The van der Waals surface area contributed by atoms with Gasteiger partial charge in [0.15, 0.2) is 5.78 Å². The van der Waals surface area contributed by atoms with Gasteiger partial charge in [0.25, 0.3) is 0 Å². The van der Waals surface area contributed by atoms with E-state index in [0.29, 0.717) is 0 Å². The maximum Gasteiger partial charge on any atom is 0.351 e. The van der Waals surface area contributed by atoms with Crippen LogP contribution in [0, 0.1) is 0 Å². The van der Waals surface area contributed by atoms with Crippen LogP contribution in [0.5, 0.6) is 5.75 Å². The smallest absolute Gasteiger partial charge is 0.351 e. The van der Waals surface area contributed by atoms with Crippen molar-refractivity contribution in [2.75, 3.05) is 5.73 Å². The second-order valence-corrected chi connectivity index (χ2v) is 3.39. The highest BCUT2D eigenvalue weighted by molar-refractivity contribution is 6.04. The first-order valence-electron chi connectivity index (χ1n) is 4.57. The maximum absolute atomic E-state index is 11.4. The topological polar surface area (TPSA) is 93.5 Å². The number of benzene rings is 1. The summed E-state index contributed by atoms with van der Waals surface area (Å²) in [6, 6.07) is 4.64. The fraction of sp³-hybridized carbons (Fsp3) is 0.0909. The van der Waals surface area contributed by atoms with Gasteiger partial charge in [0.05, 0.1) is 5.39 Å². The van der Waals surface area contributed by atoms with E-state index in [2.05, 4.69) is 0 Å². The number of rotatable bonds is 1. The van der Waals surface area contributed by atoms with Crippen molar-refractivity contribution >= 4 is 22.4 Å². The number of fused-ring (bicyclic) bond motifs is 1. The van der Waals surface area contributed by atoms with Crippen LogP contribution in [0.4, 0.5) is 5.69 Å². The van der Waals surface area contributed by atoms with E-state index in [-0.39, 0.29) is 22.2 Å². The summed E-state index contributed by atoms with van der Waals surface area (Å²) in [5.41, 5.74) is 4.83. The maximum atomic E-state index is 11.4. The van der Waals surface area contributed by atoms with Gasteiger partial charge in [0, 0.05) is 5.69 Å². The largest absolute Gasteiger partial charge is 0.506 e. The molecule has 0 fully saturated rings. The molecule has 0 aliphatic rings. The fourth-order valence-electron chi connectivity index (χ4n) is 1.57. The van der Waals surface area contributed by atoms with Crippen molar-refractivity contribution in [3.63, 3.8) is 0 Å². The van der Waals surface area contributed by atoms with E-state index in [4.69, 9.17) is 10.2 Å². The summed E-state index contributed by atoms with van der Waals surface area (Å²) in [5.74, 6) is -0.978. The number of hydrogen-bond acceptors (Lipinski definition) is 5. The molecule has 0 aliphatic heterocycles. The summed E-state index contributed by atoms with van der Waals surface area (Å²) in [6.07, 6.45) is 0. The molecule has 3 N–H and O–H groups in total. The molecule has 1 aromatic heterocycles. The number of nitrogen functional groups attached to an aromatic ring is 1. The SMILES string of the molecule is CC(=O)c1c(O)c2c(N)cccc2oc1=O. The van der Waals surface area contributed by atoms with Gasteiger partial charge < -0.3 is 15.3 Å². The molecule has 0 spiro atoms. The monoisotopic (exact) mass is 219 g/mol.